The summed E-state index contributed by atoms with van der Waals surface area (Å²) in [6, 6.07) is 9.75. The summed E-state index contributed by atoms with van der Waals surface area (Å²) in [7, 11) is 12.9. The molecule has 2 aliphatic heterocycles. The van der Waals surface area contributed by atoms with Crippen LogP contribution in [0, 0.1) is 11.6 Å². The van der Waals surface area contributed by atoms with E-state index >= 15 is 0 Å². The standard InChI is InChI=1S/C38H50F2N4O2/c1-37(2)29-21-25(39)13-15-31(29)41(17-11-19-43(5,6)7)33(37)23-27-35(45)28(36(27)46)24-34-38(3,4)30-22-26(40)14-16-32(30)42(34)18-12-20-44(8,9)10/h13-16,21-24H,11-12,17-20H2,1-10H3/q+2/p+1. The Bertz CT molecular complexity index is 1710. The first-order chi connectivity index (χ1) is 21.2. The molecule has 0 saturated carbocycles. The number of halogens is 2. The fraction of sp³-hybridized carbons (Fsp3) is 0.474. The van der Waals surface area contributed by atoms with E-state index in [-0.39, 0.29) is 34.3 Å². The van der Waals surface area contributed by atoms with E-state index in [0.717, 1.165) is 68.8 Å². The van der Waals surface area contributed by atoms with Crippen molar-refractivity contribution in [2.24, 2.45) is 0 Å². The second-order valence-corrected chi connectivity index (χ2v) is 16.2. The van der Waals surface area contributed by atoms with E-state index in [1.54, 1.807) is 24.3 Å². The van der Waals surface area contributed by atoms with Crippen LogP contribution in [0.4, 0.5) is 20.2 Å². The van der Waals surface area contributed by atoms with Gasteiger partial charge in [-0.25, -0.2) is 8.78 Å². The second kappa shape index (κ2) is 11.6. The highest BCUT2D eigenvalue weighted by molar-refractivity contribution is 6.24. The first-order valence-electron chi connectivity index (χ1n) is 16.3. The van der Waals surface area contributed by atoms with Gasteiger partial charge in [-0.2, -0.15) is 4.58 Å². The summed E-state index contributed by atoms with van der Waals surface area (Å²) < 4.78 is 32.7. The van der Waals surface area contributed by atoms with Crippen LogP contribution in [0.5, 0.6) is 0 Å². The third-order valence-corrected chi connectivity index (χ3v) is 9.69. The minimum Gasteiger partial charge on any atom is -0.506 e. The maximum absolute atomic E-state index is 14.4. The predicted octanol–water partition coefficient (Wildman–Crippen LogP) is 6.54. The Balaban J connectivity index is 1.55. The van der Waals surface area contributed by atoms with Crippen LogP contribution in [0.2, 0.25) is 0 Å². The Morgan fingerprint density at radius 3 is 2.02 bits per heavy atom. The smallest absolute Gasteiger partial charge is 0.209 e. The van der Waals surface area contributed by atoms with Gasteiger partial charge in [0.1, 0.15) is 17.4 Å². The molecule has 1 aliphatic carbocycles. The first-order valence-corrected chi connectivity index (χ1v) is 16.3. The molecule has 0 saturated heterocycles. The number of Topliss-reactive ketones (excluding diaryl/α,β-unsaturated/α-hetero) is 1. The number of carbonyl (C=O) groups is 1. The quantitative estimate of drug-likeness (QED) is 0.184. The molecule has 5 rings (SSSR count). The maximum Gasteiger partial charge on any atom is 0.209 e. The Hall–Kier alpha value is -3.62. The molecule has 3 aliphatic rings. The van der Waals surface area contributed by atoms with Gasteiger partial charge in [0.15, 0.2) is 12.3 Å². The van der Waals surface area contributed by atoms with Gasteiger partial charge in [0.25, 0.3) is 0 Å². The molecule has 0 radical (unpaired) electrons. The first kappa shape index (κ1) is 33.7. The van der Waals surface area contributed by atoms with Crippen LogP contribution in [0.3, 0.4) is 0 Å². The number of ketones is 1. The van der Waals surface area contributed by atoms with Gasteiger partial charge in [0.05, 0.1) is 78.4 Å². The molecule has 0 spiro atoms. The van der Waals surface area contributed by atoms with Gasteiger partial charge in [0.2, 0.25) is 11.5 Å². The van der Waals surface area contributed by atoms with Crippen molar-refractivity contribution in [3.8, 4) is 0 Å². The molecule has 2 heterocycles. The van der Waals surface area contributed by atoms with Crippen LogP contribution in [-0.2, 0) is 15.6 Å². The number of benzene rings is 2. The zero-order valence-electron chi connectivity index (χ0n) is 29.3. The number of quaternary nitrogens is 2. The molecule has 0 bridgehead atoms. The minimum absolute atomic E-state index is 0.0431. The Labute approximate surface area is 273 Å². The van der Waals surface area contributed by atoms with E-state index in [2.05, 4.69) is 51.8 Å². The minimum atomic E-state index is -0.572. The van der Waals surface area contributed by atoms with Crippen LogP contribution < -0.4 is 4.90 Å². The van der Waals surface area contributed by atoms with Crippen molar-refractivity contribution in [1.29, 1.82) is 0 Å². The number of hydrogen-bond acceptors (Lipinski definition) is 3. The normalized spacial score (nSPS) is 20.6. The van der Waals surface area contributed by atoms with Gasteiger partial charge < -0.3 is 19.0 Å². The van der Waals surface area contributed by atoms with Gasteiger partial charge in [-0.15, -0.1) is 0 Å². The van der Waals surface area contributed by atoms with E-state index in [1.807, 2.05) is 39.8 Å². The van der Waals surface area contributed by atoms with E-state index in [0.29, 0.717) is 13.1 Å². The summed E-state index contributed by atoms with van der Waals surface area (Å²) in [5.41, 5.74) is 4.69. The van der Waals surface area contributed by atoms with Gasteiger partial charge >= 0.3 is 0 Å². The van der Waals surface area contributed by atoms with Gasteiger partial charge in [-0.3, -0.25) is 4.79 Å². The number of fused-ring (bicyclic) bond motifs is 2. The summed E-state index contributed by atoms with van der Waals surface area (Å²) in [4.78, 5) is 16.0. The summed E-state index contributed by atoms with van der Waals surface area (Å²) >= 11 is 0. The molecule has 8 heteroatoms. The fourth-order valence-electron chi connectivity index (χ4n) is 7.09. The maximum atomic E-state index is 14.4. The highest BCUT2D eigenvalue weighted by atomic mass is 19.1. The van der Waals surface area contributed by atoms with E-state index < -0.39 is 10.8 Å². The third-order valence-electron chi connectivity index (χ3n) is 9.69. The number of anilines is 1. The molecule has 1 N–H and O–H groups in total. The van der Waals surface area contributed by atoms with Crippen molar-refractivity contribution in [1.82, 2.24) is 0 Å². The summed E-state index contributed by atoms with van der Waals surface area (Å²) in [5.74, 6) is -0.867. The SMILES string of the molecule is CC1(C)C(/C=C2\C(=O)C(/C=C3\N(CCC[N+](C)(C)C)c4ccc(F)cc4C3(C)C)=C2O)=[N+](CCC[N+](C)(C)C)c2ccc(F)cc21. The number of allylic oxidation sites excluding steroid dienone is 5. The number of aliphatic hydroxyl groups is 1. The van der Waals surface area contributed by atoms with Crippen LogP contribution in [0.1, 0.15) is 51.7 Å². The van der Waals surface area contributed by atoms with Crippen molar-refractivity contribution in [2.45, 2.75) is 51.4 Å². The topological polar surface area (TPSA) is 43.6 Å². The highest BCUT2D eigenvalue weighted by Crippen LogP contribution is 2.49. The molecule has 0 amide bonds. The molecular weight excluding hydrogens is 582 g/mol. The number of carbonyl (C=O) groups excluding carboxylic acids is 1. The lowest BCUT2D eigenvalue weighted by Crippen LogP contribution is -2.37. The van der Waals surface area contributed by atoms with Crippen molar-refractivity contribution in [2.75, 3.05) is 73.4 Å². The van der Waals surface area contributed by atoms with Gasteiger partial charge in [-0.05, 0) is 55.8 Å². The highest BCUT2D eigenvalue weighted by Gasteiger charge is 2.47. The van der Waals surface area contributed by atoms with Crippen LogP contribution in [0.25, 0.3) is 0 Å². The molecule has 0 fully saturated rings. The molecular formula is C38H51F2N4O2+3. The lowest BCUT2D eigenvalue weighted by Gasteiger charge is -2.30. The molecule has 2 aromatic rings. The monoisotopic (exact) mass is 633 g/mol. The molecule has 0 unspecified atom stereocenters. The Morgan fingerprint density at radius 2 is 1.41 bits per heavy atom. The lowest BCUT2D eigenvalue weighted by atomic mass is 9.77. The van der Waals surface area contributed by atoms with Gasteiger partial charge in [0, 0.05) is 47.5 Å². The van der Waals surface area contributed by atoms with E-state index in [1.165, 1.54) is 12.1 Å². The molecule has 2 aromatic carbocycles. The zero-order chi connectivity index (χ0) is 34.0. The zero-order valence-corrected chi connectivity index (χ0v) is 29.3. The molecule has 46 heavy (non-hydrogen) atoms. The molecule has 0 aromatic heterocycles. The number of hydrogen-bond donors (Lipinski definition) is 1. The Kier molecular flexibility index (Phi) is 8.48. The number of aliphatic hydroxyl groups excluding tert-OH is 1. The van der Waals surface area contributed by atoms with Gasteiger partial charge in [-0.1, -0.05) is 13.8 Å². The van der Waals surface area contributed by atoms with E-state index in [4.69, 9.17) is 0 Å². The van der Waals surface area contributed by atoms with Crippen LogP contribution in [0.15, 0.2) is 71.2 Å². The second-order valence-electron chi connectivity index (χ2n) is 16.2. The molecule has 246 valence electrons. The van der Waals surface area contributed by atoms with Crippen LogP contribution >= 0.6 is 0 Å². The summed E-state index contributed by atoms with van der Waals surface area (Å²) in [5, 5.41) is 11.4. The number of nitrogens with zero attached hydrogens (tertiary/aromatic N) is 4. The van der Waals surface area contributed by atoms with Crippen molar-refractivity contribution >= 4 is 22.9 Å². The van der Waals surface area contributed by atoms with Crippen molar-refractivity contribution in [3.05, 3.63) is 93.9 Å². The summed E-state index contributed by atoms with van der Waals surface area (Å²) in [6.07, 6.45) is 5.39. The average molecular weight is 634 g/mol. The predicted molar refractivity (Wildman–Crippen MR) is 182 cm³/mol. The third kappa shape index (κ3) is 6.21. The lowest BCUT2D eigenvalue weighted by molar-refractivity contribution is -0.871. The average Bonchev–Trinajstić information content (AvgIpc) is 3.26. The fourth-order valence-corrected chi connectivity index (χ4v) is 7.09. The largest absolute Gasteiger partial charge is 0.506 e. The number of rotatable bonds is 10. The van der Waals surface area contributed by atoms with Crippen molar-refractivity contribution < 1.29 is 32.2 Å². The van der Waals surface area contributed by atoms with E-state index in [9.17, 15) is 18.7 Å². The van der Waals surface area contributed by atoms with Crippen LogP contribution in [-0.4, -0.2) is 98.6 Å². The molecule has 0 atom stereocenters. The summed E-state index contributed by atoms with van der Waals surface area (Å²) in [6.45, 7) is 11.5. The Morgan fingerprint density at radius 1 is 0.826 bits per heavy atom. The van der Waals surface area contributed by atoms with Crippen molar-refractivity contribution in [3.63, 3.8) is 0 Å². The molecule has 6 nitrogen and oxygen atoms in total.